The van der Waals surface area contributed by atoms with Crippen LogP contribution in [0.2, 0.25) is 0 Å². The Morgan fingerprint density at radius 1 is 1.41 bits per heavy atom. The van der Waals surface area contributed by atoms with Crippen molar-refractivity contribution in [2.75, 3.05) is 6.61 Å². The van der Waals surface area contributed by atoms with Crippen molar-refractivity contribution in [2.45, 2.75) is 38.1 Å². The number of aliphatic hydroxyl groups excluding tert-OH is 2. The summed E-state index contributed by atoms with van der Waals surface area (Å²) in [5.41, 5.74) is -1.31. The highest BCUT2D eigenvalue weighted by Crippen LogP contribution is 2.24. The van der Waals surface area contributed by atoms with Crippen LogP contribution >= 0.6 is 7.82 Å². The third-order valence-corrected chi connectivity index (χ3v) is 2.21. The average Bonchev–Trinajstić information content (AvgIpc) is 2.08. The maximum absolute atomic E-state index is 11.1. The molecule has 0 aliphatic carbocycles. The number of rotatable bonds is 7. The van der Waals surface area contributed by atoms with Gasteiger partial charge in [0.05, 0.1) is 19.5 Å². The zero-order valence-corrected chi connectivity index (χ0v) is 10.3. The minimum Gasteiger partial charge on any atom is -0.790 e. The molecule has 0 fully saturated rings. The van der Waals surface area contributed by atoms with Gasteiger partial charge in [-0.15, -0.1) is 0 Å². The lowest BCUT2D eigenvalue weighted by atomic mass is 9.96. The van der Waals surface area contributed by atoms with Gasteiger partial charge in [-0.25, -0.2) is 0 Å². The molecule has 0 spiro atoms. The predicted molar refractivity (Wildman–Crippen MR) is 51.5 cm³/mol. The molecular formula is C8H15O8P-2. The Kier molecular flexibility index (Phi) is 5.89. The zero-order valence-electron chi connectivity index (χ0n) is 9.40. The number of ketones is 1. The van der Waals surface area contributed by atoms with Gasteiger partial charge in [-0.2, -0.15) is 0 Å². The molecule has 8 nitrogen and oxygen atoms in total. The molecule has 17 heavy (non-hydrogen) atoms. The first-order chi connectivity index (χ1) is 7.42. The number of aliphatic hydroxyl groups is 3. The van der Waals surface area contributed by atoms with Crippen molar-refractivity contribution < 1.29 is 39.0 Å². The fraction of sp³-hybridized carbons (Fsp3) is 0.875. The summed E-state index contributed by atoms with van der Waals surface area (Å²) in [7, 11) is -5.29. The van der Waals surface area contributed by atoms with Gasteiger partial charge in [0, 0.05) is 6.42 Å². The number of Topliss-reactive ketones (excluding diaryl/α,β-unsaturated/α-hetero) is 1. The van der Waals surface area contributed by atoms with Crippen molar-refractivity contribution >= 4 is 13.6 Å². The highest BCUT2D eigenvalue weighted by Gasteiger charge is 2.29. The Hall–Kier alpha value is -0.340. The van der Waals surface area contributed by atoms with E-state index in [1.807, 2.05) is 0 Å². The van der Waals surface area contributed by atoms with Crippen LogP contribution in [0.4, 0.5) is 0 Å². The average molecular weight is 270 g/mol. The molecule has 0 radical (unpaired) electrons. The Bertz CT molecular complexity index is 303. The van der Waals surface area contributed by atoms with Crippen molar-refractivity contribution in [3.8, 4) is 0 Å². The summed E-state index contributed by atoms with van der Waals surface area (Å²) in [4.78, 5) is 31.2. The minimum absolute atomic E-state index is 0.299. The smallest absolute Gasteiger partial charge is 0.189 e. The van der Waals surface area contributed by atoms with Crippen molar-refractivity contribution in [3.63, 3.8) is 0 Å². The number of phosphoric ester groups is 1. The second-order valence-electron chi connectivity index (χ2n) is 4.22. The lowest BCUT2D eigenvalue weighted by Gasteiger charge is -2.29. The summed E-state index contributed by atoms with van der Waals surface area (Å²) in [5.74, 6) is -1.16. The summed E-state index contributed by atoms with van der Waals surface area (Å²) in [6.07, 6.45) is -3.80. The van der Waals surface area contributed by atoms with Gasteiger partial charge in [0.1, 0.15) is 12.7 Å². The summed E-state index contributed by atoms with van der Waals surface area (Å²) >= 11 is 0. The maximum Gasteiger partial charge on any atom is 0.189 e. The number of hydrogen-bond acceptors (Lipinski definition) is 8. The van der Waals surface area contributed by atoms with Crippen LogP contribution in [0.3, 0.4) is 0 Å². The summed E-state index contributed by atoms with van der Waals surface area (Å²) < 4.78 is 13.7. The minimum atomic E-state index is -5.29. The Morgan fingerprint density at radius 2 is 1.88 bits per heavy atom. The third-order valence-electron chi connectivity index (χ3n) is 1.77. The van der Waals surface area contributed by atoms with E-state index in [1.54, 1.807) is 0 Å². The Labute approximate surface area is 98.1 Å². The monoisotopic (exact) mass is 270 g/mol. The second-order valence-corrected chi connectivity index (χ2v) is 5.37. The Morgan fingerprint density at radius 3 is 2.24 bits per heavy atom. The van der Waals surface area contributed by atoms with Crippen LogP contribution in [0.5, 0.6) is 0 Å². The van der Waals surface area contributed by atoms with E-state index >= 15 is 0 Å². The van der Waals surface area contributed by atoms with E-state index in [-0.39, 0.29) is 6.42 Å². The predicted octanol–water partition coefficient (Wildman–Crippen LogP) is -2.72. The van der Waals surface area contributed by atoms with Crippen LogP contribution in [0.25, 0.3) is 0 Å². The SMILES string of the molecule is CC(C)(O)CC(O)C(O)C(=O)COP(=O)([O-])[O-]. The van der Waals surface area contributed by atoms with Gasteiger partial charge in [0.25, 0.3) is 0 Å². The third kappa shape index (κ3) is 8.39. The molecule has 0 bridgehead atoms. The maximum atomic E-state index is 11.1. The van der Waals surface area contributed by atoms with Gasteiger partial charge >= 0.3 is 0 Å². The van der Waals surface area contributed by atoms with Crippen LogP contribution in [-0.4, -0.2) is 45.5 Å². The van der Waals surface area contributed by atoms with Gasteiger partial charge in [-0.1, -0.05) is 0 Å². The molecule has 3 N–H and O–H groups in total. The van der Waals surface area contributed by atoms with Crippen molar-refractivity contribution in [3.05, 3.63) is 0 Å². The number of phosphoric acid groups is 1. The first kappa shape index (κ1) is 16.7. The van der Waals surface area contributed by atoms with E-state index in [1.165, 1.54) is 13.8 Å². The first-order valence-corrected chi connectivity index (χ1v) is 6.16. The Balaban J connectivity index is 4.26. The molecule has 2 atom stereocenters. The molecule has 0 saturated heterocycles. The molecular weight excluding hydrogens is 255 g/mol. The topological polar surface area (TPSA) is 150 Å². The second kappa shape index (κ2) is 6.01. The van der Waals surface area contributed by atoms with Crippen molar-refractivity contribution in [1.29, 1.82) is 0 Å². The molecule has 0 heterocycles. The quantitative estimate of drug-likeness (QED) is 0.422. The molecule has 0 aromatic heterocycles. The van der Waals surface area contributed by atoms with Crippen molar-refractivity contribution in [1.82, 2.24) is 0 Å². The largest absolute Gasteiger partial charge is 0.790 e. The molecule has 102 valence electrons. The van der Waals surface area contributed by atoms with Gasteiger partial charge in [0.15, 0.2) is 5.78 Å². The highest BCUT2D eigenvalue weighted by molar-refractivity contribution is 7.43. The van der Waals surface area contributed by atoms with Gasteiger partial charge in [-0.05, 0) is 13.8 Å². The normalized spacial score (nSPS) is 16.6. The lowest BCUT2D eigenvalue weighted by molar-refractivity contribution is -0.341. The fourth-order valence-corrected chi connectivity index (χ4v) is 1.35. The zero-order chi connectivity index (χ0) is 13.9. The molecule has 0 aromatic carbocycles. The molecule has 9 heteroatoms. The number of carbonyl (C=O) groups excluding carboxylic acids is 1. The summed E-state index contributed by atoms with van der Waals surface area (Å²) in [6, 6.07) is 0. The number of carbonyl (C=O) groups is 1. The van der Waals surface area contributed by atoms with E-state index in [0.717, 1.165) is 0 Å². The highest BCUT2D eigenvalue weighted by atomic mass is 31.2. The molecule has 0 aliphatic rings. The molecule has 0 amide bonds. The van der Waals surface area contributed by atoms with Crippen LogP contribution in [0.1, 0.15) is 20.3 Å². The summed E-state index contributed by atoms with van der Waals surface area (Å²) in [5, 5.41) is 27.9. The first-order valence-electron chi connectivity index (χ1n) is 4.70. The van der Waals surface area contributed by atoms with E-state index in [2.05, 4.69) is 4.52 Å². The van der Waals surface area contributed by atoms with Crippen LogP contribution in [0.15, 0.2) is 0 Å². The molecule has 0 saturated carbocycles. The van der Waals surface area contributed by atoms with E-state index in [4.69, 9.17) is 0 Å². The lowest BCUT2D eigenvalue weighted by Crippen LogP contribution is -2.40. The van der Waals surface area contributed by atoms with Gasteiger partial charge in [-0.3, -0.25) is 4.79 Å². The fourth-order valence-electron chi connectivity index (χ4n) is 1.07. The molecule has 2 unspecified atom stereocenters. The van der Waals surface area contributed by atoms with Crippen LogP contribution in [0, 0.1) is 0 Å². The standard InChI is InChI=1S/C8H17O8P/c1-8(2,12)3-5(9)7(11)6(10)4-16-17(13,14)15/h5,7,9,11-12H,3-4H2,1-2H3,(H2,13,14,15)/p-2. The molecule has 0 aliphatic heterocycles. The molecule has 0 aromatic rings. The number of hydrogen-bond donors (Lipinski definition) is 3. The summed E-state index contributed by atoms with van der Waals surface area (Å²) in [6.45, 7) is 1.56. The van der Waals surface area contributed by atoms with E-state index in [0.29, 0.717) is 0 Å². The van der Waals surface area contributed by atoms with Gasteiger partial charge < -0.3 is 34.2 Å². The van der Waals surface area contributed by atoms with E-state index < -0.39 is 38.0 Å². The van der Waals surface area contributed by atoms with Crippen LogP contribution in [-0.2, 0) is 13.9 Å². The van der Waals surface area contributed by atoms with Crippen molar-refractivity contribution in [2.24, 2.45) is 0 Å². The molecule has 0 rings (SSSR count). The van der Waals surface area contributed by atoms with Crippen LogP contribution < -0.4 is 9.79 Å². The van der Waals surface area contributed by atoms with Gasteiger partial charge in [0.2, 0.25) is 0 Å². The van der Waals surface area contributed by atoms with E-state index in [9.17, 15) is 34.5 Å².